The van der Waals surface area contributed by atoms with Crippen LogP contribution in [-0.4, -0.2) is 6.04 Å². The van der Waals surface area contributed by atoms with Crippen LogP contribution < -0.4 is 5.32 Å². The summed E-state index contributed by atoms with van der Waals surface area (Å²) in [5.74, 6) is 0. The Bertz CT molecular complexity index is 345. The molecule has 1 unspecified atom stereocenters. The van der Waals surface area contributed by atoms with Crippen molar-refractivity contribution in [3.8, 4) is 0 Å². The Morgan fingerprint density at radius 3 is 2.71 bits per heavy atom. The zero-order valence-electron chi connectivity index (χ0n) is 10.6. The predicted molar refractivity (Wildman–Crippen MR) is 74.5 cm³/mol. The van der Waals surface area contributed by atoms with Crippen molar-refractivity contribution in [3.05, 3.63) is 34.9 Å². The Morgan fingerprint density at radius 1 is 1.29 bits per heavy atom. The number of hydrogen-bond donors (Lipinski definition) is 1. The molecule has 0 bridgehead atoms. The largest absolute Gasteiger partial charge is 0.307 e. The van der Waals surface area contributed by atoms with Crippen LogP contribution in [0.3, 0.4) is 0 Å². The normalized spacial score (nSPS) is 19.2. The molecule has 0 saturated heterocycles. The lowest BCUT2D eigenvalue weighted by Crippen LogP contribution is -2.34. The highest BCUT2D eigenvalue weighted by atomic mass is 35.5. The van der Waals surface area contributed by atoms with Gasteiger partial charge in [-0.3, -0.25) is 0 Å². The molecule has 1 nitrogen and oxygen atoms in total. The zero-order chi connectivity index (χ0) is 12.1. The minimum Gasteiger partial charge on any atom is -0.307 e. The second kappa shape index (κ2) is 6.42. The Hall–Kier alpha value is -0.530. The molecule has 1 saturated carbocycles. The Labute approximate surface area is 110 Å². The van der Waals surface area contributed by atoms with Gasteiger partial charge < -0.3 is 5.32 Å². The quantitative estimate of drug-likeness (QED) is 0.817. The molecule has 17 heavy (non-hydrogen) atoms. The molecule has 2 rings (SSSR count). The first kappa shape index (κ1) is 12.9. The Balaban J connectivity index is 2.00. The third-order valence-electron chi connectivity index (χ3n) is 3.70. The van der Waals surface area contributed by atoms with E-state index in [1.807, 2.05) is 12.1 Å². The van der Waals surface area contributed by atoms with E-state index in [1.54, 1.807) is 0 Å². The molecule has 0 aromatic heterocycles. The van der Waals surface area contributed by atoms with Crippen LogP contribution in [0.5, 0.6) is 0 Å². The molecule has 1 aromatic carbocycles. The van der Waals surface area contributed by atoms with E-state index in [0.29, 0.717) is 12.1 Å². The number of rotatable bonds is 4. The molecule has 1 aliphatic rings. The van der Waals surface area contributed by atoms with Crippen molar-refractivity contribution in [1.29, 1.82) is 0 Å². The van der Waals surface area contributed by atoms with Gasteiger partial charge >= 0.3 is 0 Å². The van der Waals surface area contributed by atoms with Crippen LogP contribution in [0.4, 0.5) is 0 Å². The molecule has 1 aromatic rings. The van der Waals surface area contributed by atoms with Gasteiger partial charge in [-0.15, -0.1) is 0 Å². The summed E-state index contributed by atoms with van der Waals surface area (Å²) in [4.78, 5) is 0. The molecule has 2 heteroatoms. The summed E-state index contributed by atoms with van der Waals surface area (Å²) in [5, 5.41) is 4.63. The molecule has 0 spiro atoms. The van der Waals surface area contributed by atoms with Crippen LogP contribution in [0, 0.1) is 0 Å². The summed E-state index contributed by atoms with van der Waals surface area (Å²) >= 11 is 6.06. The predicted octanol–water partition coefficient (Wildman–Crippen LogP) is 4.71. The fourth-order valence-electron chi connectivity index (χ4n) is 2.73. The van der Waals surface area contributed by atoms with Crippen LogP contribution in [-0.2, 0) is 0 Å². The average molecular weight is 252 g/mol. The standard InChI is InChI=1S/C15H22ClN/c1-2-15(12-7-6-8-13(16)11-12)17-14-9-4-3-5-10-14/h6-8,11,14-15,17H,2-5,9-10H2,1H3. The smallest absolute Gasteiger partial charge is 0.0409 e. The van der Waals surface area contributed by atoms with Crippen molar-refractivity contribution < 1.29 is 0 Å². The van der Waals surface area contributed by atoms with Gasteiger partial charge in [-0.05, 0) is 37.0 Å². The minimum atomic E-state index is 0.455. The van der Waals surface area contributed by atoms with Crippen LogP contribution in [0.2, 0.25) is 5.02 Å². The SMILES string of the molecule is CCC(NC1CCCCC1)c1cccc(Cl)c1. The summed E-state index contributed by atoms with van der Waals surface area (Å²) in [6.45, 7) is 2.24. The lowest BCUT2D eigenvalue weighted by molar-refractivity contribution is 0.334. The monoisotopic (exact) mass is 251 g/mol. The van der Waals surface area contributed by atoms with Crippen molar-refractivity contribution >= 4 is 11.6 Å². The number of nitrogens with one attached hydrogen (secondary N) is 1. The van der Waals surface area contributed by atoms with Gasteiger partial charge in [-0.2, -0.15) is 0 Å². The first-order valence-corrected chi connectivity index (χ1v) is 7.19. The van der Waals surface area contributed by atoms with Crippen LogP contribution in [0.15, 0.2) is 24.3 Å². The highest BCUT2D eigenvalue weighted by molar-refractivity contribution is 6.30. The van der Waals surface area contributed by atoms with Crippen molar-refractivity contribution in [1.82, 2.24) is 5.32 Å². The number of hydrogen-bond acceptors (Lipinski definition) is 1. The third kappa shape index (κ3) is 3.72. The fraction of sp³-hybridized carbons (Fsp3) is 0.600. The second-order valence-corrected chi connectivity index (χ2v) is 5.45. The summed E-state index contributed by atoms with van der Waals surface area (Å²) in [5.41, 5.74) is 1.32. The average Bonchev–Trinajstić information content (AvgIpc) is 2.37. The molecule has 0 amide bonds. The topological polar surface area (TPSA) is 12.0 Å². The second-order valence-electron chi connectivity index (χ2n) is 5.02. The lowest BCUT2D eigenvalue weighted by atomic mass is 9.93. The summed E-state index contributed by atoms with van der Waals surface area (Å²) in [6, 6.07) is 9.41. The van der Waals surface area contributed by atoms with Gasteiger partial charge in [-0.1, -0.05) is 49.9 Å². The highest BCUT2D eigenvalue weighted by Crippen LogP contribution is 2.24. The maximum absolute atomic E-state index is 6.06. The van der Waals surface area contributed by atoms with E-state index < -0.39 is 0 Å². The first-order chi connectivity index (χ1) is 8.29. The first-order valence-electron chi connectivity index (χ1n) is 6.81. The maximum Gasteiger partial charge on any atom is 0.0409 e. The van der Waals surface area contributed by atoms with Gasteiger partial charge in [0.25, 0.3) is 0 Å². The molecular weight excluding hydrogens is 230 g/mol. The van der Waals surface area contributed by atoms with Gasteiger partial charge in [0.2, 0.25) is 0 Å². The minimum absolute atomic E-state index is 0.455. The summed E-state index contributed by atoms with van der Waals surface area (Å²) in [6.07, 6.45) is 7.95. The zero-order valence-corrected chi connectivity index (χ0v) is 11.3. The van der Waals surface area contributed by atoms with E-state index in [4.69, 9.17) is 11.6 Å². The van der Waals surface area contributed by atoms with Crippen LogP contribution in [0.1, 0.15) is 57.1 Å². The molecule has 0 heterocycles. The van der Waals surface area contributed by atoms with Gasteiger partial charge in [-0.25, -0.2) is 0 Å². The van der Waals surface area contributed by atoms with Crippen molar-refractivity contribution in [2.45, 2.75) is 57.5 Å². The fourth-order valence-corrected chi connectivity index (χ4v) is 2.93. The number of benzene rings is 1. The van der Waals surface area contributed by atoms with E-state index in [0.717, 1.165) is 11.4 Å². The van der Waals surface area contributed by atoms with E-state index >= 15 is 0 Å². The molecule has 1 N–H and O–H groups in total. The molecule has 94 valence electrons. The van der Waals surface area contributed by atoms with Gasteiger partial charge in [0.05, 0.1) is 0 Å². The van der Waals surface area contributed by atoms with Crippen molar-refractivity contribution in [2.24, 2.45) is 0 Å². The molecule has 0 radical (unpaired) electrons. The van der Waals surface area contributed by atoms with Crippen LogP contribution >= 0.6 is 11.6 Å². The molecule has 0 aliphatic heterocycles. The van der Waals surface area contributed by atoms with E-state index in [-0.39, 0.29) is 0 Å². The van der Waals surface area contributed by atoms with E-state index in [2.05, 4.69) is 24.4 Å². The summed E-state index contributed by atoms with van der Waals surface area (Å²) in [7, 11) is 0. The van der Waals surface area contributed by atoms with Crippen LogP contribution in [0.25, 0.3) is 0 Å². The van der Waals surface area contributed by atoms with Crippen molar-refractivity contribution in [2.75, 3.05) is 0 Å². The molecule has 1 atom stereocenters. The van der Waals surface area contributed by atoms with E-state index in [9.17, 15) is 0 Å². The third-order valence-corrected chi connectivity index (χ3v) is 3.94. The molecule has 1 aliphatic carbocycles. The Kier molecular flexibility index (Phi) is 4.87. The van der Waals surface area contributed by atoms with Gasteiger partial charge in [0.15, 0.2) is 0 Å². The highest BCUT2D eigenvalue weighted by Gasteiger charge is 2.17. The molecule has 1 fully saturated rings. The maximum atomic E-state index is 6.06. The molecular formula is C15H22ClN. The Morgan fingerprint density at radius 2 is 2.06 bits per heavy atom. The number of halogens is 1. The van der Waals surface area contributed by atoms with Gasteiger partial charge in [0, 0.05) is 17.1 Å². The van der Waals surface area contributed by atoms with Gasteiger partial charge in [0.1, 0.15) is 0 Å². The van der Waals surface area contributed by atoms with Crippen molar-refractivity contribution in [3.63, 3.8) is 0 Å². The van der Waals surface area contributed by atoms with E-state index in [1.165, 1.54) is 37.7 Å². The lowest BCUT2D eigenvalue weighted by Gasteiger charge is -2.28. The summed E-state index contributed by atoms with van der Waals surface area (Å²) < 4.78 is 0.